The predicted octanol–water partition coefficient (Wildman–Crippen LogP) is 2.26. The average molecular weight is 314 g/mol. The summed E-state index contributed by atoms with van der Waals surface area (Å²) in [6.07, 6.45) is 1.60. The van der Waals surface area contributed by atoms with E-state index in [1.54, 1.807) is 17.7 Å². The SMILES string of the molecule is Cc1cc(=O)c(OCc2ccccc2)cn1CC(=O)NC(C)C. The smallest absolute Gasteiger partial charge is 0.240 e. The van der Waals surface area contributed by atoms with Crippen molar-refractivity contribution in [2.75, 3.05) is 0 Å². The van der Waals surface area contributed by atoms with Crippen LogP contribution in [0.4, 0.5) is 0 Å². The second-order valence-corrected chi connectivity index (χ2v) is 5.77. The fourth-order valence-corrected chi connectivity index (χ4v) is 2.19. The summed E-state index contributed by atoms with van der Waals surface area (Å²) in [5.41, 5.74) is 1.52. The van der Waals surface area contributed by atoms with E-state index in [0.29, 0.717) is 6.61 Å². The molecule has 5 nitrogen and oxygen atoms in total. The van der Waals surface area contributed by atoms with Gasteiger partial charge in [-0.15, -0.1) is 0 Å². The monoisotopic (exact) mass is 314 g/mol. The maximum absolute atomic E-state index is 12.0. The van der Waals surface area contributed by atoms with E-state index in [0.717, 1.165) is 11.3 Å². The van der Waals surface area contributed by atoms with Crippen molar-refractivity contribution in [2.45, 2.75) is 40.0 Å². The molecule has 0 bridgehead atoms. The summed E-state index contributed by atoms with van der Waals surface area (Å²) in [4.78, 5) is 23.9. The Kier molecular flexibility index (Phi) is 5.57. The van der Waals surface area contributed by atoms with Crippen molar-refractivity contribution in [3.8, 4) is 5.75 Å². The van der Waals surface area contributed by atoms with Crippen molar-refractivity contribution in [2.24, 2.45) is 0 Å². The minimum Gasteiger partial charge on any atom is -0.483 e. The zero-order valence-corrected chi connectivity index (χ0v) is 13.7. The molecular formula is C18H22N2O3. The first-order chi connectivity index (χ1) is 11.0. The van der Waals surface area contributed by atoms with E-state index in [1.807, 2.05) is 44.2 Å². The van der Waals surface area contributed by atoms with Gasteiger partial charge in [0.1, 0.15) is 13.2 Å². The lowest BCUT2D eigenvalue weighted by Crippen LogP contribution is -2.33. The molecule has 0 spiro atoms. The molecule has 0 aliphatic carbocycles. The molecule has 23 heavy (non-hydrogen) atoms. The molecule has 5 heteroatoms. The fourth-order valence-electron chi connectivity index (χ4n) is 2.19. The van der Waals surface area contributed by atoms with Crippen molar-refractivity contribution in [3.63, 3.8) is 0 Å². The van der Waals surface area contributed by atoms with Crippen LogP contribution < -0.4 is 15.5 Å². The van der Waals surface area contributed by atoms with Gasteiger partial charge in [0.25, 0.3) is 0 Å². The van der Waals surface area contributed by atoms with Crippen molar-refractivity contribution < 1.29 is 9.53 Å². The van der Waals surface area contributed by atoms with E-state index >= 15 is 0 Å². The fraction of sp³-hybridized carbons (Fsp3) is 0.333. The first kappa shape index (κ1) is 16.8. The number of aromatic nitrogens is 1. The number of rotatable bonds is 6. The Bertz CT molecular complexity index is 721. The Morgan fingerprint density at radius 3 is 2.61 bits per heavy atom. The highest BCUT2D eigenvalue weighted by molar-refractivity contribution is 5.76. The highest BCUT2D eigenvalue weighted by Crippen LogP contribution is 2.09. The molecule has 0 unspecified atom stereocenters. The molecule has 1 aromatic carbocycles. The molecule has 2 rings (SSSR count). The topological polar surface area (TPSA) is 60.3 Å². The molecule has 0 atom stereocenters. The van der Waals surface area contributed by atoms with Gasteiger partial charge in [0.05, 0.1) is 6.20 Å². The van der Waals surface area contributed by atoms with Crippen LogP contribution in [0.25, 0.3) is 0 Å². The van der Waals surface area contributed by atoms with E-state index in [-0.39, 0.29) is 29.7 Å². The summed E-state index contributed by atoms with van der Waals surface area (Å²) in [5.74, 6) is 0.151. The van der Waals surface area contributed by atoms with E-state index in [9.17, 15) is 9.59 Å². The number of benzene rings is 1. The van der Waals surface area contributed by atoms with Crippen molar-refractivity contribution in [3.05, 3.63) is 64.1 Å². The standard InChI is InChI=1S/C18H22N2O3/c1-13(2)19-18(22)11-20-10-17(16(21)9-14(20)3)23-12-15-7-5-4-6-8-15/h4-10,13H,11-12H2,1-3H3,(H,19,22). The Labute approximate surface area is 135 Å². The molecule has 1 amide bonds. The third-order valence-corrected chi connectivity index (χ3v) is 3.31. The number of ether oxygens (including phenoxy) is 1. The number of aryl methyl sites for hydroxylation is 1. The quantitative estimate of drug-likeness (QED) is 0.889. The Morgan fingerprint density at radius 2 is 1.96 bits per heavy atom. The molecule has 0 saturated heterocycles. The number of pyridine rings is 1. The summed E-state index contributed by atoms with van der Waals surface area (Å²) >= 11 is 0. The van der Waals surface area contributed by atoms with Crippen molar-refractivity contribution >= 4 is 5.91 Å². The normalized spacial score (nSPS) is 10.6. The van der Waals surface area contributed by atoms with Crippen LogP contribution in [-0.2, 0) is 17.9 Å². The van der Waals surface area contributed by atoms with Crippen LogP contribution in [-0.4, -0.2) is 16.5 Å². The number of carbonyl (C=O) groups is 1. The largest absolute Gasteiger partial charge is 0.483 e. The molecule has 0 radical (unpaired) electrons. The van der Waals surface area contributed by atoms with Gasteiger partial charge in [0.15, 0.2) is 5.75 Å². The molecule has 2 aromatic rings. The van der Waals surface area contributed by atoms with Gasteiger partial charge >= 0.3 is 0 Å². The minimum absolute atomic E-state index is 0.0796. The van der Waals surface area contributed by atoms with Gasteiger partial charge in [-0.25, -0.2) is 0 Å². The van der Waals surface area contributed by atoms with E-state index < -0.39 is 0 Å². The first-order valence-corrected chi connectivity index (χ1v) is 7.63. The lowest BCUT2D eigenvalue weighted by atomic mass is 10.2. The molecule has 0 fully saturated rings. The summed E-state index contributed by atoms with van der Waals surface area (Å²) in [6.45, 7) is 6.09. The van der Waals surface area contributed by atoms with Gasteiger partial charge in [-0.05, 0) is 26.3 Å². The first-order valence-electron chi connectivity index (χ1n) is 7.63. The van der Waals surface area contributed by atoms with Crippen LogP contribution in [0.3, 0.4) is 0 Å². The van der Waals surface area contributed by atoms with Crippen LogP contribution in [0.5, 0.6) is 5.75 Å². The molecule has 1 aromatic heterocycles. The molecule has 0 aliphatic heterocycles. The zero-order valence-electron chi connectivity index (χ0n) is 13.7. The van der Waals surface area contributed by atoms with Crippen molar-refractivity contribution in [1.29, 1.82) is 0 Å². The number of hydrogen-bond donors (Lipinski definition) is 1. The third kappa shape index (κ3) is 4.98. The van der Waals surface area contributed by atoms with E-state index in [4.69, 9.17) is 4.74 Å². The number of hydrogen-bond acceptors (Lipinski definition) is 3. The zero-order chi connectivity index (χ0) is 16.8. The maximum Gasteiger partial charge on any atom is 0.240 e. The van der Waals surface area contributed by atoms with Gasteiger partial charge < -0.3 is 14.6 Å². The van der Waals surface area contributed by atoms with Crippen LogP contribution >= 0.6 is 0 Å². The highest BCUT2D eigenvalue weighted by atomic mass is 16.5. The molecule has 122 valence electrons. The van der Waals surface area contributed by atoms with E-state index in [2.05, 4.69) is 5.32 Å². The van der Waals surface area contributed by atoms with Crippen LogP contribution in [0.1, 0.15) is 25.1 Å². The molecule has 1 N–H and O–H groups in total. The van der Waals surface area contributed by atoms with E-state index in [1.165, 1.54) is 6.07 Å². The number of nitrogens with zero attached hydrogens (tertiary/aromatic N) is 1. The Balaban J connectivity index is 2.12. The summed E-state index contributed by atoms with van der Waals surface area (Å²) in [6, 6.07) is 11.2. The summed E-state index contributed by atoms with van der Waals surface area (Å²) in [5, 5.41) is 2.83. The number of carbonyl (C=O) groups excluding carboxylic acids is 1. The Morgan fingerprint density at radius 1 is 1.26 bits per heavy atom. The van der Waals surface area contributed by atoms with Crippen LogP contribution in [0, 0.1) is 6.92 Å². The predicted molar refractivity (Wildman–Crippen MR) is 89.5 cm³/mol. The minimum atomic E-state index is -0.182. The van der Waals surface area contributed by atoms with Crippen LogP contribution in [0.15, 0.2) is 47.4 Å². The second-order valence-electron chi connectivity index (χ2n) is 5.77. The molecule has 0 aliphatic rings. The molecule has 1 heterocycles. The second kappa shape index (κ2) is 7.63. The highest BCUT2D eigenvalue weighted by Gasteiger charge is 2.09. The molecular weight excluding hydrogens is 292 g/mol. The van der Waals surface area contributed by atoms with Crippen LogP contribution in [0.2, 0.25) is 0 Å². The lowest BCUT2D eigenvalue weighted by molar-refractivity contribution is -0.122. The van der Waals surface area contributed by atoms with Gasteiger partial charge in [0.2, 0.25) is 11.3 Å². The molecule has 0 saturated carbocycles. The van der Waals surface area contributed by atoms with Gasteiger partial charge in [-0.3, -0.25) is 9.59 Å². The number of nitrogens with one attached hydrogen (secondary N) is 1. The van der Waals surface area contributed by atoms with Gasteiger partial charge in [-0.2, -0.15) is 0 Å². The summed E-state index contributed by atoms with van der Waals surface area (Å²) < 4.78 is 7.34. The van der Waals surface area contributed by atoms with Gasteiger partial charge in [0, 0.05) is 17.8 Å². The lowest BCUT2D eigenvalue weighted by Gasteiger charge is -2.14. The Hall–Kier alpha value is -2.56. The number of amides is 1. The average Bonchev–Trinajstić information content (AvgIpc) is 2.49. The maximum atomic E-state index is 12.0. The van der Waals surface area contributed by atoms with Crippen molar-refractivity contribution in [1.82, 2.24) is 9.88 Å². The van der Waals surface area contributed by atoms with Gasteiger partial charge in [-0.1, -0.05) is 30.3 Å². The third-order valence-electron chi connectivity index (χ3n) is 3.31. The summed E-state index contributed by atoms with van der Waals surface area (Å²) in [7, 11) is 0.